The van der Waals surface area contributed by atoms with Crippen molar-refractivity contribution < 1.29 is 19.1 Å². The van der Waals surface area contributed by atoms with E-state index >= 15 is 0 Å². The molecule has 2 aromatic carbocycles. The van der Waals surface area contributed by atoms with Gasteiger partial charge in [-0.25, -0.2) is 4.79 Å². The van der Waals surface area contributed by atoms with Gasteiger partial charge in [0.05, 0.1) is 0 Å². The maximum Gasteiger partial charge on any atom is 0.344 e. The molecule has 3 rings (SSSR count). The maximum atomic E-state index is 11.8. The monoisotopic (exact) mass is 345 g/mol. The summed E-state index contributed by atoms with van der Waals surface area (Å²) >= 11 is 5.80. The van der Waals surface area contributed by atoms with Crippen molar-refractivity contribution in [1.29, 1.82) is 0 Å². The summed E-state index contributed by atoms with van der Waals surface area (Å²) in [5.41, 5.74) is 2.66. The molecule has 0 aromatic heterocycles. The molecular formula is C18H16ClNO4. The predicted molar refractivity (Wildman–Crippen MR) is 90.1 cm³/mol. The van der Waals surface area contributed by atoms with E-state index in [1.54, 1.807) is 36.4 Å². The van der Waals surface area contributed by atoms with E-state index in [9.17, 15) is 9.59 Å². The van der Waals surface area contributed by atoms with Crippen molar-refractivity contribution in [2.45, 2.75) is 19.4 Å². The maximum absolute atomic E-state index is 11.8. The van der Waals surface area contributed by atoms with Crippen LogP contribution in [-0.4, -0.2) is 18.5 Å². The second kappa shape index (κ2) is 7.36. The van der Waals surface area contributed by atoms with Crippen molar-refractivity contribution in [3.63, 3.8) is 0 Å². The van der Waals surface area contributed by atoms with E-state index < -0.39 is 5.97 Å². The molecule has 0 atom stereocenters. The molecule has 0 saturated carbocycles. The zero-order valence-corrected chi connectivity index (χ0v) is 13.6. The van der Waals surface area contributed by atoms with Crippen LogP contribution in [0.15, 0.2) is 42.5 Å². The highest BCUT2D eigenvalue weighted by molar-refractivity contribution is 6.30. The van der Waals surface area contributed by atoms with Gasteiger partial charge in [-0.1, -0.05) is 23.7 Å². The number of aryl methyl sites for hydroxylation is 1. The van der Waals surface area contributed by atoms with Crippen LogP contribution in [0.5, 0.6) is 5.75 Å². The van der Waals surface area contributed by atoms with E-state index in [-0.39, 0.29) is 19.1 Å². The standard InChI is InChI=1S/C18H16ClNO4/c19-14-4-1-12(2-5-14)10-24-18(22)11-23-15-6-7-16-13(9-15)3-8-17(21)20-16/h1-2,4-7,9H,3,8,10-11H2,(H,20,21). The van der Waals surface area contributed by atoms with Crippen molar-refractivity contribution in [1.82, 2.24) is 0 Å². The smallest absolute Gasteiger partial charge is 0.344 e. The Labute approximate surface area is 144 Å². The number of anilines is 1. The first-order valence-electron chi connectivity index (χ1n) is 7.56. The number of amides is 1. The lowest BCUT2D eigenvalue weighted by molar-refractivity contribution is -0.147. The number of ether oxygens (including phenoxy) is 2. The molecule has 124 valence electrons. The van der Waals surface area contributed by atoms with Gasteiger partial charge in [0, 0.05) is 17.1 Å². The molecule has 5 nitrogen and oxygen atoms in total. The number of benzene rings is 2. The zero-order valence-electron chi connectivity index (χ0n) is 12.9. The van der Waals surface area contributed by atoms with E-state index in [1.807, 2.05) is 6.07 Å². The van der Waals surface area contributed by atoms with Crippen LogP contribution < -0.4 is 10.1 Å². The van der Waals surface area contributed by atoms with Gasteiger partial charge in [0.15, 0.2) is 6.61 Å². The van der Waals surface area contributed by atoms with Crippen molar-refractivity contribution in [2.75, 3.05) is 11.9 Å². The molecule has 1 N–H and O–H groups in total. The molecule has 6 heteroatoms. The van der Waals surface area contributed by atoms with Gasteiger partial charge in [-0.3, -0.25) is 4.79 Å². The average molecular weight is 346 g/mol. The molecule has 1 aliphatic heterocycles. The summed E-state index contributed by atoms with van der Waals surface area (Å²) in [5.74, 6) is 0.145. The Morgan fingerprint density at radius 3 is 2.71 bits per heavy atom. The molecule has 1 amide bonds. The Balaban J connectivity index is 1.49. The summed E-state index contributed by atoms with van der Waals surface area (Å²) in [6, 6.07) is 12.4. The van der Waals surface area contributed by atoms with Crippen molar-refractivity contribution in [3.05, 3.63) is 58.6 Å². The fourth-order valence-electron chi connectivity index (χ4n) is 2.38. The number of hydrogen-bond donors (Lipinski definition) is 1. The third-order valence-electron chi connectivity index (χ3n) is 3.64. The topological polar surface area (TPSA) is 64.6 Å². The van der Waals surface area contributed by atoms with Gasteiger partial charge in [-0.2, -0.15) is 0 Å². The molecule has 0 bridgehead atoms. The Bertz CT molecular complexity index is 758. The fourth-order valence-corrected chi connectivity index (χ4v) is 2.50. The second-order valence-electron chi connectivity index (χ2n) is 5.44. The van der Waals surface area contributed by atoms with E-state index in [2.05, 4.69) is 5.32 Å². The van der Waals surface area contributed by atoms with Crippen LogP contribution in [0.3, 0.4) is 0 Å². The molecular weight excluding hydrogens is 330 g/mol. The molecule has 0 fully saturated rings. The molecule has 0 spiro atoms. The van der Waals surface area contributed by atoms with Crippen molar-refractivity contribution in [2.24, 2.45) is 0 Å². The predicted octanol–water partition coefficient (Wildman–Crippen LogP) is 3.35. The van der Waals surface area contributed by atoms with Crippen LogP contribution in [0.4, 0.5) is 5.69 Å². The molecule has 1 heterocycles. The summed E-state index contributed by atoms with van der Waals surface area (Å²) < 4.78 is 10.6. The van der Waals surface area contributed by atoms with Crippen LogP contribution in [0.25, 0.3) is 0 Å². The number of hydrogen-bond acceptors (Lipinski definition) is 4. The van der Waals surface area contributed by atoms with Crippen LogP contribution in [0.1, 0.15) is 17.5 Å². The summed E-state index contributed by atoms with van der Waals surface area (Å²) in [7, 11) is 0. The van der Waals surface area contributed by atoms with Gasteiger partial charge < -0.3 is 14.8 Å². The van der Waals surface area contributed by atoms with E-state index in [0.717, 1.165) is 16.8 Å². The highest BCUT2D eigenvalue weighted by Crippen LogP contribution is 2.26. The number of esters is 1. The summed E-state index contributed by atoms with van der Waals surface area (Å²) in [6.07, 6.45) is 1.12. The minimum Gasteiger partial charge on any atom is -0.482 e. The van der Waals surface area contributed by atoms with Gasteiger partial charge in [0.2, 0.25) is 5.91 Å². The van der Waals surface area contributed by atoms with E-state index in [0.29, 0.717) is 23.6 Å². The van der Waals surface area contributed by atoms with Crippen LogP contribution in [0, 0.1) is 0 Å². The lowest BCUT2D eigenvalue weighted by Gasteiger charge is -2.17. The van der Waals surface area contributed by atoms with Crippen LogP contribution in [-0.2, 0) is 27.4 Å². The summed E-state index contributed by atoms with van der Waals surface area (Å²) in [4.78, 5) is 23.1. The normalized spacial score (nSPS) is 13.0. The average Bonchev–Trinajstić information content (AvgIpc) is 2.59. The van der Waals surface area contributed by atoms with Crippen LogP contribution in [0.2, 0.25) is 5.02 Å². The number of nitrogens with one attached hydrogen (secondary N) is 1. The third-order valence-corrected chi connectivity index (χ3v) is 3.89. The van der Waals surface area contributed by atoms with E-state index in [1.165, 1.54) is 0 Å². The SMILES string of the molecule is O=C1CCc2cc(OCC(=O)OCc3ccc(Cl)cc3)ccc2N1. The molecule has 1 aliphatic rings. The number of carbonyl (C=O) groups excluding carboxylic acids is 2. The van der Waals surface area contributed by atoms with E-state index in [4.69, 9.17) is 21.1 Å². The van der Waals surface area contributed by atoms with Gasteiger partial charge in [0.25, 0.3) is 0 Å². The fraction of sp³-hybridized carbons (Fsp3) is 0.222. The summed E-state index contributed by atoms with van der Waals surface area (Å²) in [5, 5.41) is 3.43. The van der Waals surface area contributed by atoms with Crippen molar-refractivity contribution >= 4 is 29.2 Å². The quantitative estimate of drug-likeness (QED) is 0.844. The molecule has 24 heavy (non-hydrogen) atoms. The summed E-state index contributed by atoms with van der Waals surface area (Å²) in [6.45, 7) is 0.00825. The first-order chi connectivity index (χ1) is 11.6. The number of rotatable bonds is 5. The number of halogens is 1. The Morgan fingerprint density at radius 2 is 1.92 bits per heavy atom. The Morgan fingerprint density at radius 1 is 1.12 bits per heavy atom. The van der Waals surface area contributed by atoms with Gasteiger partial charge in [0.1, 0.15) is 12.4 Å². The minimum absolute atomic E-state index is 0.0157. The Hall–Kier alpha value is -2.53. The van der Waals surface area contributed by atoms with Gasteiger partial charge in [-0.15, -0.1) is 0 Å². The molecule has 0 radical (unpaired) electrons. The molecule has 0 saturated heterocycles. The zero-order chi connectivity index (χ0) is 16.9. The highest BCUT2D eigenvalue weighted by Gasteiger charge is 2.15. The molecule has 2 aromatic rings. The largest absolute Gasteiger partial charge is 0.482 e. The van der Waals surface area contributed by atoms with Crippen LogP contribution >= 0.6 is 11.6 Å². The number of fused-ring (bicyclic) bond motifs is 1. The second-order valence-corrected chi connectivity index (χ2v) is 5.88. The lowest BCUT2D eigenvalue weighted by Crippen LogP contribution is -2.19. The number of carbonyl (C=O) groups is 2. The lowest BCUT2D eigenvalue weighted by atomic mass is 10.0. The first kappa shape index (κ1) is 16.3. The highest BCUT2D eigenvalue weighted by atomic mass is 35.5. The van der Waals surface area contributed by atoms with Gasteiger partial charge in [-0.05, 0) is 47.9 Å². The molecule has 0 unspecified atom stereocenters. The third kappa shape index (κ3) is 4.26. The molecule has 0 aliphatic carbocycles. The first-order valence-corrected chi connectivity index (χ1v) is 7.93. The minimum atomic E-state index is -0.448. The Kier molecular flexibility index (Phi) is 5.01. The van der Waals surface area contributed by atoms with Gasteiger partial charge >= 0.3 is 5.97 Å². The van der Waals surface area contributed by atoms with Crippen molar-refractivity contribution in [3.8, 4) is 5.75 Å².